The Morgan fingerprint density at radius 2 is 1.45 bits per heavy atom. The van der Waals surface area contributed by atoms with E-state index in [1.165, 1.54) is 0 Å². The summed E-state index contributed by atoms with van der Waals surface area (Å²) >= 11 is 2.01. The molecule has 0 aromatic heterocycles. The summed E-state index contributed by atoms with van der Waals surface area (Å²) in [6.07, 6.45) is 0. The summed E-state index contributed by atoms with van der Waals surface area (Å²) < 4.78 is 21.5. The highest BCUT2D eigenvalue weighted by Crippen LogP contribution is 1.84. The molecule has 0 aliphatic carbocycles. The minimum absolute atomic E-state index is 0.0133. The van der Waals surface area contributed by atoms with Crippen molar-refractivity contribution in [1.29, 1.82) is 0 Å². The fourth-order valence-corrected chi connectivity index (χ4v) is 1.49. The molecule has 1 amide bonds. The highest BCUT2D eigenvalue weighted by Gasteiger charge is 1.96. The average Bonchev–Trinajstić information content (AvgIpc) is 2.54. The predicted octanol–water partition coefficient (Wildman–Crippen LogP) is 0.914. The normalized spacial score (nSPS) is 10.2. The Hall–Kier alpha value is -0.650. The van der Waals surface area contributed by atoms with Crippen LogP contribution in [0.25, 0.3) is 10.4 Å². The van der Waals surface area contributed by atoms with E-state index in [1.54, 1.807) is 0 Å². The van der Waals surface area contributed by atoms with Gasteiger partial charge in [0.25, 0.3) is 0 Å². The number of amides is 1. The zero-order valence-electron chi connectivity index (χ0n) is 12.5. The number of hydrogen-bond donors (Lipinski definition) is 1. The van der Waals surface area contributed by atoms with Gasteiger partial charge in [-0.05, 0) is 5.53 Å². The molecule has 1 N–H and O–H groups in total. The lowest BCUT2D eigenvalue weighted by molar-refractivity contribution is -0.118. The molecule has 22 heavy (non-hydrogen) atoms. The van der Waals surface area contributed by atoms with Gasteiger partial charge in [0.2, 0.25) is 5.91 Å². The lowest BCUT2D eigenvalue weighted by Crippen LogP contribution is -2.28. The zero-order chi connectivity index (χ0) is 16.3. The zero-order valence-corrected chi connectivity index (χ0v) is 14.7. The Morgan fingerprint density at radius 1 is 0.955 bits per heavy atom. The first-order valence-corrected chi connectivity index (χ1v) is 8.48. The molecule has 0 saturated carbocycles. The maximum atomic E-state index is 10.9. The van der Waals surface area contributed by atoms with Gasteiger partial charge in [-0.15, -0.1) is 0 Å². The third kappa shape index (κ3) is 17.4. The van der Waals surface area contributed by atoms with Crippen LogP contribution in [0.1, 0.15) is 0 Å². The van der Waals surface area contributed by atoms with Gasteiger partial charge in [0.1, 0.15) is 0 Å². The van der Waals surface area contributed by atoms with Gasteiger partial charge in [-0.2, -0.15) is 0 Å². The summed E-state index contributed by atoms with van der Waals surface area (Å²) in [6, 6.07) is 0. The van der Waals surface area contributed by atoms with E-state index in [9.17, 15) is 4.79 Å². The van der Waals surface area contributed by atoms with E-state index in [0.717, 1.165) is 0 Å². The number of nitrogens with one attached hydrogen (secondary N) is 1. The number of azide groups is 1. The van der Waals surface area contributed by atoms with Crippen LogP contribution in [0, 0.1) is 0 Å². The van der Waals surface area contributed by atoms with E-state index >= 15 is 0 Å². The molecule has 0 unspecified atom stereocenters. The summed E-state index contributed by atoms with van der Waals surface area (Å²) in [5.41, 5.74) is 8.04. The monoisotopic (exact) mass is 430 g/mol. The van der Waals surface area contributed by atoms with Gasteiger partial charge in [-0.25, -0.2) is 0 Å². The highest BCUT2D eigenvalue weighted by molar-refractivity contribution is 14.1. The lowest BCUT2D eigenvalue weighted by atomic mass is 10.6. The van der Waals surface area contributed by atoms with Crippen molar-refractivity contribution in [3.8, 4) is 0 Å². The quantitative estimate of drug-likeness (QED) is 0.0977. The topological polar surface area (TPSA) is 115 Å². The number of hydrogen-bond acceptors (Lipinski definition) is 6. The van der Waals surface area contributed by atoms with E-state index in [0.29, 0.717) is 70.4 Å². The second-order valence-corrected chi connectivity index (χ2v) is 4.65. The van der Waals surface area contributed by atoms with Gasteiger partial charge in [-0.1, -0.05) is 27.7 Å². The molecule has 0 aromatic rings. The Bertz CT molecular complexity index is 316. The van der Waals surface area contributed by atoms with Crippen LogP contribution in [-0.4, -0.2) is 76.3 Å². The van der Waals surface area contributed by atoms with Crippen LogP contribution in [0.3, 0.4) is 0 Å². The van der Waals surface area contributed by atoms with Crippen molar-refractivity contribution in [3.05, 3.63) is 10.4 Å². The average molecular weight is 430 g/mol. The van der Waals surface area contributed by atoms with Crippen LogP contribution in [-0.2, 0) is 23.7 Å². The second kappa shape index (κ2) is 18.4. The molecule has 0 atom stereocenters. The number of carbonyl (C=O) groups excluding carboxylic acids is 1. The van der Waals surface area contributed by atoms with Crippen LogP contribution < -0.4 is 5.32 Å². The number of halogens is 1. The molecule has 0 spiro atoms. The molecule has 0 fully saturated rings. The van der Waals surface area contributed by atoms with Crippen molar-refractivity contribution in [2.75, 3.05) is 70.4 Å². The summed E-state index contributed by atoms with van der Waals surface area (Å²) in [5.74, 6) is 0.0133. The fraction of sp³-hybridized carbons (Fsp3) is 0.917. The maximum Gasteiger partial charge on any atom is 0.229 e. The molecule has 128 valence electrons. The molecule has 0 radical (unpaired) electrons. The van der Waals surface area contributed by atoms with Crippen LogP contribution in [0.15, 0.2) is 5.11 Å². The smallest absolute Gasteiger partial charge is 0.229 e. The molecule has 0 heterocycles. The predicted molar refractivity (Wildman–Crippen MR) is 89.2 cm³/mol. The molecule has 0 aromatic carbocycles. The fourth-order valence-electron chi connectivity index (χ4n) is 1.22. The van der Waals surface area contributed by atoms with Crippen molar-refractivity contribution in [1.82, 2.24) is 5.32 Å². The molecule has 0 saturated heterocycles. The van der Waals surface area contributed by atoms with Crippen molar-refractivity contribution in [2.24, 2.45) is 5.11 Å². The van der Waals surface area contributed by atoms with Gasteiger partial charge >= 0.3 is 0 Å². The summed E-state index contributed by atoms with van der Waals surface area (Å²) in [5, 5.41) is 6.05. The van der Waals surface area contributed by atoms with E-state index in [-0.39, 0.29) is 5.91 Å². The van der Waals surface area contributed by atoms with E-state index in [4.69, 9.17) is 24.5 Å². The minimum atomic E-state index is 0.0133. The lowest BCUT2D eigenvalue weighted by Gasteiger charge is -2.07. The standard InChI is InChI=1S/C12H23IN4O5/c13-11-12(18)15-1-3-19-5-7-21-9-10-22-8-6-20-4-2-16-17-14/h1-11H2,(H,15,18). The number of rotatable bonds is 16. The molecule has 0 bridgehead atoms. The first kappa shape index (κ1) is 21.4. The van der Waals surface area contributed by atoms with Gasteiger partial charge in [0, 0.05) is 18.0 Å². The molecular formula is C12H23IN4O5. The largest absolute Gasteiger partial charge is 0.379 e. The molecular weight excluding hydrogens is 407 g/mol. The number of carbonyl (C=O) groups is 1. The van der Waals surface area contributed by atoms with Crippen molar-refractivity contribution in [2.45, 2.75) is 0 Å². The van der Waals surface area contributed by atoms with Crippen molar-refractivity contribution >= 4 is 28.5 Å². The van der Waals surface area contributed by atoms with Gasteiger partial charge in [-0.3, -0.25) is 4.79 Å². The number of alkyl halides is 1. The Kier molecular flexibility index (Phi) is 17.9. The SMILES string of the molecule is [N-]=[N+]=NCCOCCOCCOCCOCCNC(=O)CI. The van der Waals surface area contributed by atoms with Gasteiger partial charge < -0.3 is 24.3 Å². The Morgan fingerprint density at radius 3 is 1.95 bits per heavy atom. The second-order valence-electron chi connectivity index (χ2n) is 3.89. The van der Waals surface area contributed by atoms with Crippen LogP contribution in [0.2, 0.25) is 0 Å². The van der Waals surface area contributed by atoms with E-state index in [2.05, 4.69) is 15.3 Å². The third-order valence-corrected chi connectivity index (χ3v) is 2.90. The molecule has 10 heteroatoms. The summed E-state index contributed by atoms with van der Waals surface area (Å²) in [4.78, 5) is 13.5. The van der Waals surface area contributed by atoms with Crippen molar-refractivity contribution < 1.29 is 23.7 Å². The first-order valence-electron chi connectivity index (χ1n) is 6.95. The first-order chi connectivity index (χ1) is 10.8. The van der Waals surface area contributed by atoms with Gasteiger partial charge in [0.05, 0.1) is 57.3 Å². The molecule has 0 aliphatic rings. The molecule has 9 nitrogen and oxygen atoms in total. The third-order valence-electron chi connectivity index (χ3n) is 2.20. The van der Waals surface area contributed by atoms with E-state index < -0.39 is 0 Å². The maximum absolute atomic E-state index is 10.9. The van der Waals surface area contributed by atoms with Crippen LogP contribution in [0.4, 0.5) is 0 Å². The summed E-state index contributed by atoms with van der Waals surface area (Å²) in [7, 11) is 0. The van der Waals surface area contributed by atoms with Crippen LogP contribution >= 0.6 is 22.6 Å². The molecule has 0 rings (SSSR count). The van der Waals surface area contributed by atoms with E-state index in [1.807, 2.05) is 22.6 Å². The van der Waals surface area contributed by atoms with Crippen LogP contribution in [0.5, 0.6) is 0 Å². The van der Waals surface area contributed by atoms with Gasteiger partial charge in [0.15, 0.2) is 0 Å². The molecule has 0 aliphatic heterocycles. The Labute approximate surface area is 143 Å². The number of nitrogens with zero attached hydrogens (tertiary/aromatic N) is 3. The summed E-state index contributed by atoms with van der Waals surface area (Å²) in [6.45, 7) is 4.65. The number of ether oxygens (including phenoxy) is 4. The van der Waals surface area contributed by atoms with Crippen molar-refractivity contribution in [3.63, 3.8) is 0 Å². The minimum Gasteiger partial charge on any atom is -0.379 e. The highest BCUT2D eigenvalue weighted by atomic mass is 127. The Balaban J connectivity index is 3.02.